The Hall–Kier alpha value is -1.81. The molecule has 0 saturated carbocycles. The van der Waals surface area contributed by atoms with Crippen molar-refractivity contribution in [3.8, 4) is 6.07 Å². The third-order valence-electron chi connectivity index (χ3n) is 2.27. The maximum atomic E-state index is 11.5. The van der Waals surface area contributed by atoms with Crippen LogP contribution in [0.3, 0.4) is 0 Å². The number of nitriles is 1. The average molecular weight is 235 g/mol. The fraction of sp³-hybridized carbons (Fsp3) is 0.333. The maximum Gasteiger partial charge on any atom is 0.234 e. The number of rotatable bonds is 1. The van der Waals surface area contributed by atoms with E-state index in [2.05, 4.69) is 22.6 Å². The van der Waals surface area contributed by atoms with Gasteiger partial charge in [0.05, 0.1) is 6.20 Å². The Balaban J connectivity index is 2.32. The number of hydrogen-bond donors (Lipinski definition) is 2. The molecular formula is C9H9N5OS. The Labute approximate surface area is 97.5 Å². The summed E-state index contributed by atoms with van der Waals surface area (Å²) in [4.78, 5) is 20.8. The van der Waals surface area contributed by atoms with E-state index >= 15 is 0 Å². The van der Waals surface area contributed by atoms with E-state index in [1.807, 2.05) is 6.07 Å². The monoisotopic (exact) mass is 235 g/mol. The smallest absolute Gasteiger partial charge is 0.234 e. The molecule has 1 aromatic rings. The third-order valence-corrected chi connectivity index (χ3v) is 2.62. The molecule has 0 spiro atoms. The van der Waals surface area contributed by atoms with Crippen LogP contribution in [-0.4, -0.2) is 27.7 Å². The highest BCUT2D eigenvalue weighted by atomic mass is 32.1. The number of anilines is 2. The zero-order valence-corrected chi connectivity index (χ0v) is 9.19. The molecule has 6 nitrogen and oxygen atoms in total. The molecule has 1 saturated heterocycles. The number of thiol groups is 1. The highest BCUT2D eigenvalue weighted by Crippen LogP contribution is 2.21. The van der Waals surface area contributed by atoms with Crippen molar-refractivity contribution < 1.29 is 4.79 Å². The average Bonchev–Trinajstić information content (AvgIpc) is 2.58. The summed E-state index contributed by atoms with van der Waals surface area (Å²) in [6, 6.07) is 1.86. The zero-order chi connectivity index (χ0) is 11.7. The van der Waals surface area contributed by atoms with E-state index in [0.717, 1.165) is 0 Å². The largest absolute Gasteiger partial charge is 0.382 e. The number of carbonyl (C=O) groups is 1. The standard InChI is InChI=1S/C9H9N5OS/c10-2-5-3-12-9(13-8(5)11)14-4-6(16)1-7(14)15/h3,6,16H,1,4H2,(H2,11,12,13). The highest BCUT2D eigenvalue weighted by Gasteiger charge is 2.30. The van der Waals surface area contributed by atoms with E-state index in [-0.39, 0.29) is 28.5 Å². The second kappa shape index (κ2) is 3.98. The molecular weight excluding hydrogens is 226 g/mol. The van der Waals surface area contributed by atoms with Gasteiger partial charge in [-0.15, -0.1) is 0 Å². The highest BCUT2D eigenvalue weighted by molar-refractivity contribution is 7.81. The number of hydrogen-bond acceptors (Lipinski definition) is 6. The minimum absolute atomic E-state index is 0.00651. The van der Waals surface area contributed by atoms with Crippen molar-refractivity contribution in [3.63, 3.8) is 0 Å². The molecule has 0 radical (unpaired) electrons. The summed E-state index contributed by atoms with van der Waals surface area (Å²) in [6.45, 7) is 0.466. The molecule has 82 valence electrons. The van der Waals surface area contributed by atoms with E-state index in [0.29, 0.717) is 13.0 Å². The van der Waals surface area contributed by atoms with Crippen molar-refractivity contribution in [1.29, 1.82) is 5.26 Å². The predicted octanol–water partition coefficient (Wildman–Crippen LogP) is -0.0344. The van der Waals surface area contributed by atoms with Crippen LogP contribution in [0.25, 0.3) is 0 Å². The van der Waals surface area contributed by atoms with Crippen molar-refractivity contribution >= 4 is 30.3 Å². The molecule has 1 fully saturated rings. The van der Waals surface area contributed by atoms with Crippen LogP contribution in [0.4, 0.5) is 11.8 Å². The minimum Gasteiger partial charge on any atom is -0.382 e. The summed E-state index contributed by atoms with van der Waals surface area (Å²) in [6.07, 6.45) is 1.68. The molecule has 1 atom stereocenters. The Morgan fingerprint density at radius 1 is 1.69 bits per heavy atom. The summed E-state index contributed by atoms with van der Waals surface area (Å²) in [5, 5.41) is 8.66. The van der Waals surface area contributed by atoms with E-state index in [9.17, 15) is 4.79 Å². The van der Waals surface area contributed by atoms with E-state index in [1.165, 1.54) is 11.1 Å². The second-order valence-electron chi connectivity index (χ2n) is 3.44. The zero-order valence-electron chi connectivity index (χ0n) is 8.29. The number of nitrogen functional groups attached to an aromatic ring is 1. The van der Waals surface area contributed by atoms with Crippen molar-refractivity contribution in [2.45, 2.75) is 11.7 Å². The molecule has 1 aliphatic rings. The van der Waals surface area contributed by atoms with Gasteiger partial charge in [0.25, 0.3) is 0 Å². The van der Waals surface area contributed by atoms with Gasteiger partial charge >= 0.3 is 0 Å². The van der Waals surface area contributed by atoms with Gasteiger partial charge < -0.3 is 5.73 Å². The number of nitrogens with zero attached hydrogens (tertiary/aromatic N) is 4. The molecule has 2 heterocycles. The van der Waals surface area contributed by atoms with Gasteiger partial charge in [0.1, 0.15) is 17.5 Å². The van der Waals surface area contributed by atoms with Crippen molar-refractivity contribution in [2.75, 3.05) is 17.2 Å². The Morgan fingerprint density at radius 3 is 2.94 bits per heavy atom. The van der Waals surface area contributed by atoms with Gasteiger partial charge in [-0.3, -0.25) is 9.69 Å². The van der Waals surface area contributed by atoms with Crippen LogP contribution in [0.2, 0.25) is 0 Å². The van der Waals surface area contributed by atoms with Crippen LogP contribution >= 0.6 is 12.6 Å². The molecule has 0 aromatic carbocycles. The summed E-state index contributed by atoms with van der Waals surface area (Å²) < 4.78 is 0. The molecule has 1 aromatic heterocycles. The van der Waals surface area contributed by atoms with Crippen LogP contribution < -0.4 is 10.6 Å². The van der Waals surface area contributed by atoms with Crippen LogP contribution in [0.15, 0.2) is 6.20 Å². The summed E-state index contributed by atoms with van der Waals surface area (Å²) in [5.74, 6) is 0.241. The molecule has 7 heteroatoms. The Morgan fingerprint density at radius 2 is 2.44 bits per heavy atom. The van der Waals surface area contributed by atoms with Crippen LogP contribution in [0, 0.1) is 11.3 Å². The van der Waals surface area contributed by atoms with Gasteiger partial charge in [-0.05, 0) is 0 Å². The van der Waals surface area contributed by atoms with Gasteiger partial charge in [0.2, 0.25) is 11.9 Å². The van der Waals surface area contributed by atoms with Gasteiger partial charge in [-0.1, -0.05) is 0 Å². The lowest BCUT2D eigenvalue weighted by molar-refractivity contribution is -0.117. The third kappa shape index (κ3) is 1.79. The first-order valence-corrected chi connectivity index (χ1v) is 5.14. The molecule has 1 unspecified atom stereocenters. The van der Waals surface area contributed by atoms with Crippen molar-refractivity contribution in [2.24, 2.45) is 0 Å². The van der Waals surface area contributed by atoms with Crippen LogP contribution in [0.1, 0.15) is 12.0 Å². The first-order valence-electron chi connectivity index (χ1n) is 4.63. The fourth-order valence-electron chi connectivity index (χ4n) is 1.48. The topological polar surface area (TPSA) is 95.9 Å². The molecule has 1 amide bonds. The fourth-order valence-corrected chi connectivity index (χ4v) is 1.80. The molecule has 0 aliphatic carbocycles. The first-order chi connectivity index (χ1) is 7.61. The quantitative estimate of drug-likeness (QED) is 0.666. The van der Waals surface area contributed by atoms with Crippen LogP contribution in [0.5, 0.6) is 0 Å². The van der Waals surface area contributed by atoms with Crippen molar-refractivity contribution in [1.82, 2.24) is 9.97 Å². The van der Waals surface area contributed by atoms with Gasteiger partial charge in [-0.2, -0.15) is 22.9 Å². The van der Waals surface area contributed by atoms with Crippen molar-refractivity contribution in [3.05, 3.63) is 11.8 Å². The Bertz CT molecular complexity index is 483. The first kappa shape index (κ1) is 10.7. The number of amides is 1. The lowest BCUT2D eigenvalue weighted by Gasteiger charge is -2.13. The number of nitrogens with two attached hydrogens (primary N) is 1. The normalized spacial score (nSPS) is 19.9. The Kier molecular flexibility index (Phi) is 2.66. The molecule has 2 N–H and O–H groups in total. The molecule has 0 bridgehead atoms. The predicted molar refractivity (Wildman–Crippen MR) is 60.9 cm³/mol. The lowest BCUT2D eigenvalue weighted by Crippen LogP contribution is -2.27. The summed E-state index contributed by atoms with van der Waals surface area (Å²) in [5.41, 5.74) is 5.76. The maximum absolute atomic E-state index is 11.5. The molecule has 2 rings (SSSR count). The SMILES string of the molecule is N#Cc1cnc(N2CC(S)CC2=O)nc1N. The van der Waals surface area contributed by atoms with E-state index in [4.69, 9.17) is 11.0 Å². The lowest BCUT2D eigenvalue weighted by atomic mass is 10.3. The number of carbonyl (C=O) groups excluding carboxylic acids is 1. The second-order valence-corrected chi connectivity index (χ2v) is 4.17. The van der Waals surface area contributed by atoms with E-state index in [1.54, 1.807) is 0 Å². The van der Waals surface area contributed by atoms with Gasteiger partial charge in [0.15, 0.2) is 0 Å². The molecule has 16 heavy (non-hydrogen) atoms. The summed E-state index contributed by atoms with van der Waals surface area (Å²) in [7, 11) is 0. The van der Waals surface area contributed by atoms with E-state index < -0.39 is 0 Å². The minimum atomic E-state index is -0.0795. The van der Waals surface area contributed by atoms with Gasteiger partial charge in [-0.25, -0.2) is 4.98 Å². The van der Waals surface area contributed by atoms with Gasteiger partial charge in [0, 0.05) is 18.2 Å². The summed E-state index contributed by atoms with van der Waals surface area (Å²) >= 11 is 4.22. The van der Waals surface area contributed by atoms with Crippen LogP contribution in [-0.2, 0) is 4.79 Å². The molecule has 1 aliphatic heterocycles. The number of aromatic nitrogens is 2.